The fourth-order valence-electron chi connectivity index (χ4n) is 3.75. The summed E-state index contributed by atoms with van der Waals surface area (Å²) in [5.41, 5.74) is 1.81. The minimum absolute atomic E-state index is 0.208. The Hall–Kier alpha value is -2.80. The van der Waals surface area contributed by atoms with E-state index >= 15 is 0 Å². The molecule has 0 radical (unpaired) electrons. The van der Waals surface area contributed by atoms with E-state index in [2.05, 4.69) is 32.8 Å². The average Bonchev–Trinajstić information content (AvgIpc) is 3.19. The molecule has 4 rings (SSSR count). The maximum absolute atomic E-state index is 10.7. The van der Waals surface area contributed by atoms with Crippen molar-refractivity contribution in [2.24, 2.45) is 13.0 Å². The molecule has 1 atom stereocenters. The molecule has 1 aliphatic rings. The zero-order chi connectivity index (χ0) is 19.5. The van der Waals surface area contributed by atoms with Crippen molar-refractivity contribution in [3.8, 4) is 11.5 Å². The first-order chi connectivity index (χ1) is 13.7. The van der Waals surface area contributed by atoms with Gasteiger partial charge in [0.05, 0.1) is 0 Å². The number of aromatic nitrogens is 5. The van der Waals surface area contributed by atoms with Crippen LogP contribution in [0.5, 0.6) is 0 Å². The van der Waals surface area contributed by atoms with Gasteiger partial charge in [-0.3, -0.25) is 4.98 Å². The van der Waals surface area contributed by atoms with Gasteiger partial charge in [-0.05, 0) is 37.3 Å². The standard InChI is InChI=1S/C21H26N6O/c1-3-16-14-18(25-20(24-16)17-6-4-5-9-22-17)27-11-7-15(8-12-27)19(28)21-23-10-13-26(21)2/h4-6,9-10,13-15,19,28H,3,7-8,11-12H2,1-2H3. The molecule has 7 heteroatoms. The molecule has 0 saturated carbocycles. The lowest BCUT2D eigenvalue weighted by Crippen LogP contribution is -2.36. The SMILES string of the molecule is CCc1cc(N2CCC(C(O)c3nccn3C)CC2)nc(-c2ccccn2)n1. The molecule has 1 N–H and O–H groups in total. The molecule has 0 spiro atoms. The van der Waals surface area contributed by atoms with Gasteiger partial charge in [-0.2, -0.15) is 0 Å². The molecular weight excluding hydrogens is 352 g/mol. The molecule has 0 amide bonds. The largest absolute Gasteiger partial charge is 0.385 e. The molecule has 1 unspecified atom stereocenters. The first kappa shape index (κ1) is 18.6. The predicted octanol–water partition coefficient (Wildman–Crippen LogP) is 2.78. The van der Waals surface area contributed by atoms with Crippen LogP contribution in [0.4, 0.5) is 5.82 Å². The zero-order valence-corrected chi connectivity index (χ0v) is 16.4. The van der Waals surface area contributed by atoms with Gasteiger partial charge in [0.2, 0.25) is 0 Å². The van der Waals surface area contributed by atoms with Crippen molar-refractivity contribution in [2.45, 2.75) is 32.3 Å². The number of hydrogen-bond acceptors (Lipinski definition) is 6. The van der Waals surface area contributed by atoms with Gasteiger partial charge >= 0.3 is 0 Å². The second-order valence-electron chi connectivity index (χ2n) is 7.28. The van der Waals surface area contributed by atoms with Crippen molar-refractivity contribution >= 4 is 5.82 Å². The van der Waals surface area contributed by atoms with Crippen LogP contribution in [0.1, 0.15) is 37.4 Å². The van der Waals surface area contributed by atoms with E-state index in [1.807, 2.05) is 36.0 Å². The minimum Gasteiger partial charge on any atom is -0.385 e. The molecule has 1 saturated heterocycles. The molecule has 3 aromatic rings. The molecule has 4 heterocycles. The third-order valence-electron chi connectivity index (χ3n) is 5.46. The third-order valence-corrected chi connectivity index (χ3v) is 5.46. The normalized spacial score (nSPS) is 16.3. The highest BCUT2D eigenvalue weighted by atomic mass is 16.3. The van der Waals surface area contributed by atoms with E-state index in [1.165, 1.54) is 0 Å². The lowest BCUT2D eigenvalue weighted by molar-refractivity contribution is 0.0824. The topological polar surface area (TPSA) is 80.0 Å². The lowest BCUT2D eigenvalue weighted by atomic mass is 9.90. The van der Waals surface area contributed by atoms with E-state index in [0.717, 1.165) is 55.4 Å². The van der Waals surface area contributed by atoms with E-state index in [1.54, 1.807) is 12.4 Å². The van der Waals surface area contributed by atoms with E-state index in [4.69, 9.17) is 4.98 Å². The number of hydrogen-bond donors (Lipinski definition) is 1. The maximum atomic E-state index is 10.7. The summed E-state index contributed by atoms with van der Waals surface area (Å²) >= 11 is 0. The van der Waals surface area contributed by atoms with Gasteiger partial charge in [0.25, 0.3) is 0 Å². The summed E-state index contributed by atoms with van der Waals surface area (Å²) in [5, 5.41) is 10.7. The van der Waals surface area contributed by atoms with Crippen molar-refractivity contribution in [1.82, 2.24) is 24.5 Å². The van der Waals surface area contributed by atoms with Gasteiger partial charge in [-0.15, -0.1) is 0 Å². The second-order valence-corrected chi connectivity index (χ2v) is 7.28. The van der Waals surface area contributed by atoms with E-state index in [0.29, 0.717) is 5.82 Å². The van der Waals surface area contributed by atoms with Crippen molar-refractivity contribution in [3.05, 3.63) is 54.4 Å². The predicted molar refractivity (Wildman–Crippen MR) is 108 cm³/mol. The molecule has 3 aromatic heterocycles. The summed E-state index contributed by atoms with van der Waals surface area (Å²) in [6.07, 6.45) is 7.50. The van der Waals surface area contributed by atoms with Gasteiger partial charge < -0.3 is 14.6 Å². The average molecular weight is 378 g/mol. The van der Waals surface area contributed by atoms with Gasteiger partial charge in [-0.1, -0.05) is 13.0 Å². The van der Waals surface area contributed by atoms with Crippen LogP contribution in [-0.2, 0) is 13.5 Å². The Labute approximate surface area is 165 Å². The Morgan fingerprint density at radius 3 is 2.61 bits per heavy atom. The van der Waals surface area contributed by atoms with E-state index in [9.17, 15) is 5.11 Å². The van der Waals surface area contributed by atoms with Crippen LogP contribution in [-0.4, -0.2) is 42.7 Å². The third kappa shape index (κ3) is 3.75. The zero-order valence-electron chi connectivity index (χ0n) is 16.4. The van der Waals surface area contributed by atoms with E-state index in [-0.39, 0.29) is 5.92 Å². The van der Waals surface area contributed by atoms with Crippen molar-refractivity contribution < 1.29 is 5.11 Å². The summed E-state index contributed by atoms with van der Waals surface area (Å²) in [4.78, 5) is 20.4. The molecule has 0 aliphatic carbocycles. The van der Waals surface area contributed by atoms with Crippen LogP contribution in [0, 0.1) is 5.92 Å². The van der Waals surface area contributed by atoms with Gasteiger partial charge in [0.15, 0.2) is 5.82 Å². The molecule has 146 valence electrons. The number of anilines is 1. The number of aliphatic hydroxyl groups is 1. The molecule has 28 heavy (non-hydrogen) atoms. The highest BCUT2D eigenvalue weighted by molar-refractivity contribution is 5.53. The Bertz CT molecular complexity index is 918. The van der Waals surface area contributed by atoms with Crippen LogP contribution >= 0.6 is 0 Å². The quantitative estimate of drug-likeness (QED) is 0.735. The van der Waals surface area contributed by atoms with E-state index < -0.39 is 6.10 Å². The van der Waals surface area contributed by atoms with Crippen molar-refractivity contribution in [3.63, 3.8) is 0 Å². The van der Waals surface area contributed by atoms with Gasteiger partial charge in [-0.25, -0.2) is 15.0 Å². The monoisotopic (exact) mass is 378 g/mol. The molecule has 7 nitrogen and oxygen atoms in total. The number of nitrogens with zero attached hydrogens (tertiary/aromatic N) is 6. The maximum Gasteiger partial charge on any atom is 0.180 e. The second kappa shape index (κ2) is 8.06. The molecule has 1 aliphatic heterocycles. The molecular formula is C21H26N6O. The fraction of sp³-hybridized carbons (Fsp3) is 0.429. The molecule has 0 aromatic carbocycles. The first-order valence-electron chi connectivity index (χ1n) is 9.85. The summed E-state index contributed by atoms with van der Waals surface area (Å²) in [6.45, 7) is 3.81. The van der Waals surface area contributed by atoms with Crippen LogP contribution in [0.15, 0.2) is 42.9 Å². The first-order valence-corrected chi connectivity index (χ1v) is 9.85. The van der Waals surface area contributed by atoms with Crippen LogP contribution in [0.2, 0.25) is 0 Å². The summed E-state index contributed by atoms with van der Waals surface area (Å²) < 4.78 is 1.90. The number of piperidine rings is 1. The van der Waals surface area contributed by atoms with Crippen molar-refractivity contribution in [1.29, 1.82) is 0 Å². The number of pyridine rings is 1. The number of imidazole rings is 1. The number of aryl methyl sites for hydroxylation is 2. The summed E-state index contributed by atoms with van der Waals surface area (Å²) in [6, 6.07) is 7.86. The highest BCUT2D eigenvalue weighted by Crippen LogP contribution is 2.31. The Kier molecular flexibility index (Phi) is 5.34. The minimum atomic E-state index is -0.525. The van der Waals surface area contributed by atoms with Gasteiger partial charge in [0, 0.05) is 50.5 Å². The molecule has 0 bridgehead atoms. The molecule has 1 fully saturated rings. The Balaban J connectivity index is 1.51. The van der Waals surface area contributed by atoms with Crippen LogP contribution in [0.3, 0.4) is 0 Å². The number of rotatable bonds is 5. The summed E-state index contributed by atoms with van der Waals surface area (Å²) in [7, 11) is 1.92. The Morgan fingerprint density at radius 1 is 1.14 bits per heavy atom. The fourth-order valence-corrected chi connectivity index (χ4v) is 3.75. The lowest BCUT2D eigenvalue weighted by Gasteiger charge is -2.34. The highest BCUT2D eigenvalue weighted by Gasteiger charge is 2.29. The smallest absolute Gasteiger partial charge is 0.180 e. The van der Waals surface area contributed by atoms with Gasteiger partial charge in [0.1, 0.15) is 23.4 Å². The van der Waals surface area contributed by atoms with Crippen LogP contribution < -0.4 is 4.90 Å². The van der Waals surface area contributed by atoms with Crippen LogP contribution in [0.25, 0.3) is 11.5 Å². The Morgan fingerprint density at radius 2 is 1.96 bits per heavy atom. The van der Waals surface area contributed by atoms with Crippen molar-refractivity contribution in [2.75, 3.05) is 18.0 Å². The summed E-state index contributed by atoms with van der Waals surface area (Å²) in [5.74, 6) is 2.56. The number of aliphatic hydroxyl groups excluding tert-OH is 1.